The van der Waals surface area contributed by atoms with E-state index in [9.17, 15) is 0 Å². The molecule has 288 valence electrons. The van der Waals surface area contributed by atoms with E-state index in [-0.39, 0.29) is 0 Å². The fourth-order valence-electron chi connectivity index (χ4n) is 9.78. The molecular weight excluding hydrogens is 755 g/mol. The first-order valence-corrected chi connectivity index (χ1v) is 21.0. The number of hydrogen-bond donors (Lipinski definition) is 0. The Balaban J connectivity index is 1.06. The van der Waals surface area contributed by atoms with E-state index in [4.69, 9.17) is 15.0 Å². The number of para-hydroxylation sites is 3. The average Bonchev–Trinajstić information content (AvgIpc) is 3.87. The summed E-state index contributed by atoms with van der Waals surface area (Å²) in [7, 11) is 0. The molecule has 0 unspecified atom stereocenters. The van der Waals surface area contributed by atoms with Crippen molar-refractivity contribution in [3.8, 4) is 39.9 Å². The zero-order valence-electron chi connectivity index (χ0n) is 33.4. The van der Waals surface area contributed by atoms with Crippen LogP contribution in [0.5, 0.6) is 0 Å². The minimum absolute atomic E-state index is 0.583. The summed E-state index contributed by atoms with van der Waals surface area (Å²) in [6.07, 6.45) is 0. The highest BCUT2D eigenvalue weighted by atomic mass is 15.2. The van der Waals surface area contributed by atoms with Crippen LogP contribution in [-0.2, 0) is 0 Å². The molecule has 0 aliphatic heterocycles. The second-order valence-electron chi connectivity index (χ2n) is 16.0. The van der Waals surface area contributed by atoms with Gasteiger partial charge in [-0.05, 0) is 69.1 Å². The molecule has 0 atom stereocenters. The van der Waals surface area contributed by atoms with Gasteiger partial charge in [0, 0.05) is 43.4 Å². The van der Waals surface area contributed by atoms with Crippen LogP contribution < -0.4 is 0 Å². The van der Waals surface area contributed by atoms with Crippen LogP contribution in [0.25, 0.3) is 121 Å². The Labute approximate surface area is 356 Å². The van der Waals surface area contributed by atoms with Gasteiger partial charge in [-0.1, -0.05) is 176 Å². The first-order chi connectivity index (χ1) is 30.8. The summed E-state index contributed by atoms with van der Waals surface area (Å²) in [5.41, 5.74) is 9.82. The van der Waals surface area contributed by atoms with Crippen molar-refractivity contribution in [3.05, 3.63) is 212 Å². The molecule has 0 saturated carbocycles. The van der Waals surface area contributed by atoms with Gasteiger partial charge in [0.25, 0.3) is 0 Å². The largest absolute Gasteiger partial charge is 0.308 e. The molecule has 0 spiro atoms. The molecular formula is C57H35N5. The van der Waals surface area contributed by atoms with Gasteiger partial charge in [-0.15, -0.1) is 0 Å². The van der Waals surface area contributed by atoms with Gasteiger partial charge in [-0.3, -0.25) is 4.57 Å². The van der Waals surface area contributed by atoms with Crippen LogP contribution in [0.15, 0.2) is 212 Å². The number of aromatic nitrogens is 5. The first-order valence-electron chi connectivity index (χ1n) is 21.0. The highest BCUT2D eigenvalue weighted by molar-refractivity contribution is 6.25. The maximum atomic E-state index is 5.14. The van der Waals surface area contributed by atoms with Crippen molar-refractivity contribution in [2.75, 3.05) is 0 Å². The minimum Gasteiger partial charge on any atom is -0.308 e. The van der Waals surface area contributed by atoms with Gasteiger partial charge in [0.05, 0.1) is 27.6 Å². The van der Waals surface area contributed by atoms with Crippen molar-refractivity contribution in [3.63, 3.8) is 0 Å². The number of rotatable bonds is 4. The maximum Gasteiger partial charge on any atom is 0.238 e. The molecule has 0 saturated heterocycles. The summed E-state index contributed by atoms with van der Waals surface area (Å²) in [4.78, 5) is 15.2. The summed E-state index contributed by atoms with van der Waals surface area (Å²) in [6.45, 7) is 0. The zero-order chi connectivity index (χ0) is 40.7. The van der Waals surface area contributed by atoms with E-state index in [2.05, 4.69) is 161 Å². The molecule has 13 aromatic rings. The van der Waals surface area contributed by atoms with Crippen LogP contribution >= 0.6 is 0 Å². The number of fused-ring (bicyclic) bond motifs is 13. The summed E-state index contributed by atoms with van der Waals surface area (Å²) in [5, 5.41) is 12.1. The predicted octanol–water partition coefficient (Wildman–Crippen LogP) is 14.6. The van der Waals surface area contributed by atoms with Crippen molar-refractivity contribution in [2.45, 2.75) is 0 Å². The van der Waals surface area contributed by atoms with Crippen LogP contribution in [0.1, 0.15) is 0 Å². The van der Waals surface area contributed by atoms with Crippen LogP contribution in [0, 0.1) is 0 Å². The average molecular weight is 790 g/mol. The van der Waals surface area contributed by atoms with E-state index in [0.29, 0.717) is 17.6 Å². The van der Waals surface area contributed by atoms with Gasteiger partial charge < -0.3 is 4.40 Å². The first kappa shape index (κ1) is 34.5. The number of benzene rings is 9. The highest BCUT2D eigenvalue weighted by Gasteiger charge is 2.20. The van der Waals surface area contributed by atoms with Crippen LogP contribution in [0.3, 0.4) is 0 Å². The molecule has 4 aromatic heterocycles. The highest BCUT2D eigenvalue weighted by Crippen LogP contribution is 2.41. The van der Waals surface area contributed by atoms with Crippen molar-refractivity contribution in [1.82, 2.24) is 23.9 Å². The van der Waals surface area contributed by atoms with Crippen LogP contribution in [0.4, 0.5) is 0 Å². The molecule has 62 heavy (non-hydrogen) atoms. The molecule has 0 bridgehead atoms. The molecule has 0 aliphatic rings. The molecule has 5 heteroatoms. The van der Waals surface area contributed by atoms with Gasteiger partial charge >= 0.3 is 0 Å². The van der Waals surface area contributed by atoms with E-state index in [0.717, 1.165) is 44.1 Å². The Bertz CT molecular complexity index is 3920. The summed E-state index contributed by atoms with van der Waals surface area (Å²) in [5.74, 6) is 1.85. The van der Waals surface area contributed by atoms with E-state index in [1.54, 1.807) is 0 Å². The second kappa shape index (κ2) is 13.6. The van der Waals surface area contributed by atoms with Crippen molar-refractivity contribution < 1.29 is 0 Å². The lowest BCUT2D eigenvalue weighted by atomic mass is 9.99. The van der Waals surface area contributed by atoms with Gasteiger partial charge in [-0.2, -0.15) is 9.97 Å². The van der Waals surface area contributed by atoms with Crippen molar-refractivity contribution >= 4 is 81.4 Å². The standard InChI is InChI=1S/C57H35N5/c1-3-16-36(17-4-1)55-58-56(37-18-5-2-6-19-37)60-57(59-55)62-51-29-14-12-25-45(51)48-34-38(31-33-53(48)62)39-30-32-52-49(35-39)47-27-15-26-46-43-23-10-8-21-41(43)40-20-7-9-22-42(40)44-24-11-13-28-50(44)61(52)54(46)47/h1-35H. The van der Waals surface area contributed by atoms with E-state index in [1.807, 2.05) is 60.7 Å². The van der Waals surface area contributed by atoms with Gasteiger partial charge in [0.2, 0.25) is 5.95 Å². The van der Waals surface area contributed by atoms with Gasteiger partial charge in [0.15, 0.2) is 11.6 Å². The molecule has 4 heterocycles. The fourth-order valence-corrected chi connectivity index (χ4v) is 9.78. The Morgan fingerprint density at radius 2 is 0.645 bits per heavy atom. The summed E-state index contributed by atoms with van der Waals surface area (Å²) >= 11 is 0. The zero-order valence-corrected chi connectivity index (χ0v) is 33.4. The minimum atomic E-state index is 0.583. The normalized spacial score (nSPS) is 11.9. The topological polar surface area (TPSA) is 48.0 Å². The van der Waals surface area contributed by atoms with E-state index < -0.39 is 0 Å². The lowest BCUT2D eigenvalue weighted by molar-refractivity contribution is 0.953. The SMILES string of the molecule is c1ccc(-c2nc(-c3ccccc3)nc(-n3c4ccccc4c4cc(-c5ccc6c(c5)c5cccc7c8ccccc8c8ccccc8c8ccccc8n6c75)ccc43)n2)cc1. The predicted molar refractivity (Wildman–Crippen MR) is 258 cm³/mol. The maximum absolute atomic E-state index is 5.14. The number of nitrogens with zero attached hydrogens (tertiary/aromatic N) is 5. The molecule has 0 aliphatic carbocycles. The molecule has 0 N–H and O–H groups in total. The third-order valence-electron chi connectivity index (χ3n) is 12.6. The van der Waals surface area contributed by atoms with Crippen molar-refractivity contribution in [2.24, 2.45) is 0 Å². The van der Waals surface area contributed by atoms with Crippen LogP contribution in [-0.4, -0.2) is 23.9 Å². The fraction of sp³-hybridized carbons (Fsp3) is 0. The summed E-state index contributed by atoms with van der Waals surface area (Å²) < 4.78 is 4.68. The second-order valence-corrected chi connectivity index (χ2v) is 16.0. The summed E-state index contributed by atoms with van der Waals surface area (Å²) in [6, 6.07) is 76.0. The van der Waals surface area contributed by atoms with Crippen LogP contribution in [0.2, 0.25) is 0 Å². The lowest BCUT2D eigenvalue weighted by Gasteiger charge is -2.11. The Hall–Kier alpha value is -8.41. The molecule has 0 amide bonds. The van der Waals surface area contributed by atoms with Crippen molar-refractivity contribution in [1.29, 1.82) is 0 Å². The molecule has 13 rings (SSSR count). The molecule has 9 aromatic carbocycles. The third-order valence-corrected chi connectivity index (χ3v) is 12.6. The Morgan fingerprint density at radius 1 is 0.258 bits per heavy atom. The monoisotopic (exact) mass is 789 g/mol. The third kappa shape index (κ3) is 5.18. The quantitative estimate of drug-likeness (QED) is 0.178. The van der Waals surface area contributed by atoms with E-state index in [1.165, 1.54) is 59.6 Å². The molecule has 5 nitrogen and oxygen atoms in total. The molecule has 0 fully saturated rings. The van der Waals surface area contributed by atoms with Gasteiger partial charge in [0.1, 0.15) is 0 Å². The van der Waals surface area contributed by atoms with E-state index >= 15 is 0 Å². The van der Waals surface area contributed by atoms with Gasteiger partial charge in [-0.25, -0.2) is 4.98 Å². The lowest BCUT2D eigenvalue weighted by Crippen LogP contribution is -2.06. The Kier molecular flexibility index (Phi) is 7.54. The molecule has 0 radical (unpaired) electrons. The number of hydrogen-bond acceptors (Lipinski definition) is 3. The Morgan fingerprint density at radius 3 is 1.24 bits per heavy atom. The smallest absolute Gasteiger partial charge is 0.238 e.